The third-order valence-corrected chi connectivity index (χ3v) is 6.79. The molecular formula is C19H15N5O6S2. The lowest BCUT2D eigenvalue weighted by Gasteiger charge is -2.15. The minimum atomic E-state index is -3.76. The number of anilines is 1. The largest absolute Gasteiger partial charge is 0.419 e. The van der Waals surface area contributed by atoms with Crippen LogP contribution in [0.3, 0.4) is 0 Å². The van der Waals surface area contributed by atoms with Crippen molar-refractivity contribution in [3.63, 3.8) is 0 Å². The van der Waals surface area contributed by atoms with Crippen molar-refractivity contribution in [2.75, 3.05) is 18.2 Å². The average molecular weight is 473 g/mol. The van der Waals surface area contributed by atoms with Gasteiger partial charge in [-0.1, -0.05) is 29.5 Å². The zero-order valence-corrected chi connectivity index (χ0v) is 18.4. The first kappa shape index (κ1) is 21.5. The van der Waals surface area contributed by atoms with Gasteiger partial charge in [0.2, 0.25) is 11.8 Å². The number of non-ortho nitro benzene ring substituents is 1. The molecular weight excluding hydrogens is 458 g/mol. The second-order valence-electron chi connectivity index (χ2n) is 6.87. The summed E-state index contributed by atoms with van der Waals surface area (Å²) in [6.07, 6.45) is 0.912. The van der Waals surface area contributed by atoms with Crippen molar-refractivity contribution in [1.82, 2.24) is 15.2 Å². The molecule has 0 saturated carbocycles. The van der Waals surface area contributed by atoms with Crippen LogP contribution in [0.1, 0.15) is 5.89 Å². The number of rotatable bonds is 6. The van der Waals surface area contributed by atoms with Gasteiger partial charge in [0.25, 0.3) is 11.2 Å². The number of nitrogens with zero attached hydrogens (tertiary/aromatic N) is 5. The zero-order chi connectivity index (χ0) is 23.0. The Balaban J connectivity index is 1.72. The highest BCUT2D eigenvalue weighted by atomic mass is 32.2. The van der Waals surface area contributed by atoms with Gasteiger partial charge in [-0.3, -0.25) is 14.9 Å². The van der Waals surface area contributed by atoms with Crippen LogP contribution in [-0.4, -0.2) is 41.8 Å². The van der Waals surface area contributed by atoms with E-state index in [-0.39, 0.29) is 32.5 Å². The van der Waals surface area contributed by atoms with Gasteiger partial charge in [-0.05, 0) is 18.2 Å². The number of sulfone groups is 1. The molecule has 0 bridgehead atoms. The van der Waals surface area contributed by atoms with E-state index >= 15 is 0 Å². The molecule has 0 unspecified atom stereocenters. The van der Waals surface area contributed by atoms with Crippen molar-refractivity contribution in [2.24, 2.45) is 0 Å². The van der Waals surface area contributed by atoms with Crippen molar-refractivity contribution >= 4 is 42.1 Å². The monoisotopic (exact) mass is 473 g/mol. The Morgan fingerprint density at radius 1 is 1.19 bits per heavy atom. The second-order valence-corrected chi connectivity index (χ2v) is 9.87. The summed E-state index contributed by atoms with van der Waals surface area (Å²) in [6, 6.07) is 11.2. The molecule has 32 heavy (non-hydrogen) atoms. The molecule has 0 aliphatic rings. The number of hydrogen-bond acceptors (Lipinski definition) is 11. The molecule has 0 radical (unpaired) electrons. The fourth-order valence-corrected chi connectivity index (χ4v) is 4.60. The van der Waals surface area contributed by atoms with Crippen molar-refractivity contribution < 1.29 is 17.8 Å². The molecule has 11 nitrogen and oxygen atoms in total. The molecule has 13 heteroatoms. The standard InChI is InChI=1S/C19H15N5O6S2/c1-23(10-15-21-22-18(30-15)11-6-4-3-5-7-11)19-20-17(25)13-8-12(32(2,28)29)9-14(24(26)27)16(13)31-19/h3-9H,10H2,1-2H3. The molecule has 0 N–H and O–H groups in total. The Kier molecular flexibility index (Phi) is 5.44. The van der Waals surface area contributed by atoms with Crippen LogP contribution in [0.15, 0.2) is 56.6 Å². The first-order valence-corrected chi connectivity index (χ1v) is 11.8. The van der Waals surface area contributed by atoms with E-state index < -0.39 is 26.0 Å². The van der Waals surface area contributed by atoms with Gasteiger partial charge < -0.3 is 9.32 Å². The van der Waals surface area contributed by atoms with Crippen molar-refractivity contribution in [3.8, 4) is 11.5 Å². The Bertz CT molecular complexity index is 1500. The molecule has 0 saturated heterocycles. The van der Waals surface area contributed by atoms with E-state index in [0.29, 0.717) is 5.89 Å². The maximum absolute atomic E-state index is 12.6. The molecule has 0 fully saturated rings. The highest BCUT2D eigenvalue weighted by molar-refractivity contribution is 7.90. The maximum atomic E-state index is 12.6. The van der Waals surface area contributed by atoms with E-state index in [1.807, 2.05) is 30.3 Å². The zero-order valence-electron chi connectivity index (χ0n) is 16.8. The normalized spacial score (nSPS) is 11.6. The summed E-state index contributed by atoms with van der Waals surface area (Å²) >= 11 is 0.894. The Morgan fingerprint density at radius 2 is 1.91 bits per heavy atom. The number of nitro benzene ring substituents is 1. The van der Waals surface area contributed by atoms with E-state index in [9.17, 15) is 23.3 Å². The quantitative estimate of drug-likeness (QED) is 0.302. The molecule has 2 aromatic heterocycles. The van der Waals surface area contributed by atoms with Gasteiger partial charge >= 0.3 is 0 Å². The lowest BCUT2D eigenvalue weighted by atomic mass is 10.2. The lowest BCUT2D eigenvalue weighted by molar-refractivity contribution is -0.383. The van der Waals surface area contributed by atoms with E-state index in [0.717, 1.165) is 35.3 Å². The summed E-state index contributed by atoms with van der Waals surface area (Å²) in [6.45, 7) is 0.101. The molecule has 0 aliphatic heterocycles. The fourth-order valence-electron chi connectivity index (χ4n) is 2.91. The number of fused-ring (bicyclic) bond motifs is 1. The van der Waals surface area contributed by atoms with Crippen LogP contribution in [0.5, 0.6) is 0 Å². The first-order valence-electron chi connectivity index (χ1n) is 9.06. The van der Waals surface area contributed by atoms with Crippen molar-refractivity contribution in [3.05, 3.63) is 68.8 Å². The van der Waals surface area contributed by atoms with Crippen LogP contribution in [0.25, 0.3) is 21.5 Å². The topological polar surface area (TPSA) is 149 Å². The van der Waals surface area contributed by atoms with E-state index in [4.69, 9.17) is 4.42 Å². The number of hydrogen-bond donors (Lipinski definition) is 0. The van der Waals surface area contributed by atoms with Gasteiger partial charge in [-0.15, -0.1) is 10.2 Å². The molecule has 164 valence electrons. The Labute approximate surface area is 185 Å². The van der Waals surface area contributed by atoms with Crippen LogP contribution >= 0.6 is 11.3 Å². The summed E-state index contributed by atoms with van der Waals surface area (Å²) in [4.78, 5) is 28.6. The van der Waals surface area contributed by atoms with Crippen LogP contribution in [0, 0.1) is 10.1 Å². The van der Waals surface area contributed by atoms with Crippen LogP contribution in [0.4, 0.5) is 10.8 Å². The Hall–Kier alpha value is -3.71. The molecule has 0 aliphatic carbocycles. The van der Waals surface area contributed by atoms with Crippen molar-refractivity contribution in [2.45, 2.75) is 11.4 Å². The molecule has 0 amide bonds. The third-order valence-electron chi connectivity index (χ3n) is 4.48. The van der Waals surface area contributed by atoms with Gasteiger partial charge in [-0.25, -0.2) is 8.42 Å². The van der Waals surface area contributed by atoms with Gasteiger partial charge in [0.05, 0.1) is 21.7 Å². The highest BCUT2D eigenvalue weighted by Crippen LogP contribution is 2.34. The lowest BCUT2D eigenvalue weighted by Crippen LogP contribution is -2.20. The van der Waals surface area contributed by atoms with Gasteiger partial charge in [-0.2, -0.15) is 4.98 Å². The van der Waals surface area contributed by atoms with E-state index in [1.54, 1.807) is 11.9 Å². The summed E-state index contributed by atoms with van der Waals surface area (Å²) in [5.41, 5.74) is -0.504. The summed E-state index contributed by atoms with van der Waals surface area (Å²) in [7, 11) is -2.14. The maximum Gasteiger partial charge on any atom is 0.288 e. The summed E-state index contributed by atoms with van der Waals surface area (Å²) in [5, 5.41) is 19.6. The molecule has 2 heterocycles. The predicted octanol–water partition coefficient (Wildman–Crippen LogP) is 2.65. The van der Waals surface area contributed by atoms with Crippen LogP contribution < -0.4 is 10.5 Å². The smallest absolute Gasteiger partial charge is 0.288 e. The van der Waals surface area contributed by atoms with Gasteiger partial charge in [0.1, 0.15) is 4.70 Å². The number of aromatic nitrogens is 3. The fraction of sp³-hybridized carbons (Fsp3) is 0.158. The molecule has 0 spiro atoms. The average Bonchev–Trinajstić information content (AvgIpc) is 3.21. The molecule has 4 rings (SSSR count). The second kappa shape index (κ2) is 8.09. The molecule has 0 atom stereocenters. The highest BCUT2D eigenvalue weighted by Gasteiger charge is 2.23. The molecule has 2 aromatic carbocycles. The third kappa shape index (κ3) is 4.20. The SMILES string of the molecule is CN(Cc1nnc(-c2ccccc2)o1)c1nc(=O)c2cc(S(C)(=O)=O)cc([N+](=O)[O-])c2s1. The van der Waals surface area contributed by atoms with E-state index in [1.165, 1.54) is 0 Å². The number of nitro groups is 1. The van der Waals surface area contributed by atoms with Crippen LogP contribution in [0.2, 0.25) is 0 Å². The summed E-state index contributed by atoms with van der Waals surface area (Å²) < 4.78 is 29.4. The minimum Gasteiger partial charge on any atom is -0.419 e. The summed E-state index contributed by atoms with van der Waals surface area (Å²) in [5.74, 6) is 0.590. The van der Waals surface area contributed by atoms with Crippen LogP contribution in [-0.2, 0) is 16.4 Å². The molecule has 4 aromatic rings. The Morgan fingerprint density at radius 3 is 2.56 bits per heavy atom. The van der Waals surface area contributed by atoms with Gasteiger partial charge in [0, 0.05) is 24.9 Å². The predicted molar refractivity (Wildman–Crippen MR) is 117 cm³/mol. The number of benzene rings is 2. The first-order chi connectivity index (χ1) is 15.1. The van der Waals surface area contributed by atoms with E-state index in [2.05, 4.69) is 15.2 Å². The van der Waals surface area contributed by atoms with Crippen molar-refractivity contribution in [1.29, 1.82) is 0 Å². The minimum absolute atomic E-state index is 0.0275. The van der Waals surface area contributed by atoms with Gasteiger partial charge in [0.15, 0.2) is 15.0 Å².